The minimum Gasteiger partial charge on any atom is -0.503 e. The first-order valence-electron chi connectivity index (χ1n) is 3.61. The zero-order valence-electron chi connectivity index (χ0n) is 7.20. The second kappa shape index (κ2) is 3.99. The van der Waals surface area contributed by atoms with E-state index in [1.165, 1.54) is 7.11 Å². The highest BCUT2D eigenvalue weighted by Crippen LogP contribution is 2.34. The van der Waals surface area contributed by atoms with Crippen LogP contribution in [-0.4, -0.2) is 23.5 Å². The molecule has 0 aromatic carbocycles. The molecule has 6 heteroatoms. The number of hydrogen-bond acceptors (Lipinski definition) is 4. The lowest BCUT2D eigenvalue weighted by Gasteiger charge is -2.07. The Morgan fingerprint density at radius 1 is 1.64 bits per heavy atom. The lowest BCUT2D eigenvalue weighted by atomic mass is 10.2. The monoisotopic (exact) mass is 203 g/mol. The average Bonchev–Trinajstić information content (AvgIpc) is 2.17. The molecule has 0 bridgehead atoms. The predicted molar refractivity (Wildman–Crippen MR) is 42.8 cm³/mol. The molecule has 0 atom stereocenters. The zero-order valence-corrected chi connectivity index (χ0v) is 7.20. The Hall–Kier alpha value is -1.72. The lowest BCUT2D eigenvalue weighted by molar-refractivity contribution is 0.111. The van der Waals surface area contributed by atoms with Crippen molar-refractivity contribution in [2.75, 3.05) is 7.11 Å². The summed E-state index contributed by atoms with van der Waals surface area (Å²) in [5.74, 6) is -0.939. The zero-order chi connectivity index (χ0) is 10.7. The van der Waals surface area contributed by atoms with Gasteiger partial charge in [0.25, 0.3) is 6.43 Å². The van der Waals surface area contributed by atoms with E-state index in [9.17, 15) is 18.7 Å². The van der Waals surface area contributed by atoms with E-state index >= 15 is 0 Å². The Balaban J connectivity index is 3.34. The van der Waals surface area contributed by atoms with E-state index in [-0.39, 0.29) is 11.4 Å². The Bertz CT molecular complexity index is 355. The highest BCUT2D eigenvalue weighted by Gasteiger charge is 2.19. The number of methoxy groups -OCH3 is 1. The summed E-state index contributed by atoms with van der Waals surface area (Å²) in [5, 5.41) is 9.20. The van der Waals surface area contributed by atoms with Crippen molar-refractivity contribution in [1.29, 1.82) is 0 Å². The highest BCUT2D eigenvalue weighted by molar-refractivity contribution is 5.73. The van der Waals surface area contributed by atoms with E-state index in [0.717, 1.165) is 6.07 Å². The maximum absolute atomic E-state index is 12.3. The number of carbonyl (C=O) groups excluding carboxylic acids is 1. The van der Waals surface area contributed by atoms with Crippen molar-refractivity contribution in [2.24, 2.45) is 0 Å². The van der Waals surface area contributed by atoms with Crippen molar-refractivity contribution < 1.29 is 23.4 Å². The number of aromatic nitrogens is 1. The molecule has 0 fully saturated rings. The third kappa shape index (κ3) is 1.78. The molecule has 14 heavy (non-hydrogen) atoms. The van der Waals surface area contributed by atoms with Crippen LogP contribution >= 0.6 is 0 Å². The number of halogens is 2. The van der Waals surface area contributed by atoms with Crippen LogP contribution in [0, 0.1) is 0 Å². The molecule has 0 saturated heterocycles. The van der Waals surface area contributed by atoms with Gasteiger partial charge in [0.2, 0.25) is 0 Å². The van der Waals surface area contributed by atoms with Gasteiger partial charge in [0, 0.05) is 6.07 Å². The summed E-state index contributed by atoms with van der Waals surface area (Å²) in [6.07, 6.45) is -2.66. The molecular weight excluding hydrogens is 196 g/mol. The summed E-state index contributed by atoms with van der Waals surface area (Å²) in [6, 6.07) is 1.08. The number of aldehydes is 1. The number of rotatable bonds is 3. The van der Waals surface area contributed by atoms with Crippen LogP contribution in [-0.2, 0) is 0 Å². The summed E-state index contributed by atoms with van der Waals surface area (Å²) in [4.78, 5) is 13.6. The second-order valence-corrected chi connectivity index (χ2v) is 2.40. The van der Waals surface area contributed by atoms with Crippen LogP contribution in [0.2, 0.25) is 0 Å². The van der Waals surface area contributed by atoms with Crippen molar-refractivity contribution in [3.05, 3.63) is 17.5 Å². The number of pyridine rings is 1. The third-order valence-corrected chi connectivity index (χ3v) is 1.55. The van der Waals surface area contributed by atoms with Gasteiger partial charge in [0.15, 0.2) is 23.5 Å². The average molecular weight is 203 g/mol. The second-order valence-electron chi connectivity index (χ2n) is 2.40. The standard InChI is InChI=1S/C8H7F2NO3/c1-14-5-2-4(3-12)11-6(7(5)13)8(9)10/h2-3,8,13H,1H3. The molecule has 1 rings (SSSR count). The fourth-order valence-electron chi connectivity index (χ4n) is 0.921. The van der Waals surface area contributed by atoms with Crippen molar-refractivity contribution >= 4 is 6.29 Å². The molecule has 0 radical (unpaired) electrons. The van der Waals surface area contributed by atoms with E-state index in [2.05, 4.69) is 9.72 Å². The van der Waals surface area contributed by atoms with E-state index in [1.54, 1.807) is 0 Å². The molecule has 0 aliphatic carbocycles. The predicted octanol–water partition coefficient (Wildman–Crippen LogP) is 1.55. The van der Waals surface area contributed by atoms with Crippen molar-refractivity contribution in [1.82, 2.24) is 4.98 Å². The molecule has 1 heterocycles. The van der Waals surface area contributed by atoms with Gasteiger partial charge in [-0.1, -0.05) is 0 Å². The lowest BCUT2D eigenvalue weighted by Crippen LogP contribution is -1.98. The molecule has 1 aromatic heterocycles. The Kier molecular flexibility index (Phi) is 2.95. The molecule has 1 aromatic rings. The van der Waals surface area contributed by atoms with Gasteiger partial charge < -0.3 is 9.84 Å². The number of alkyl halides is 2. The van der Waals surface area contributed by atoms with Crippen LogP contribution in [0.15, 0.2) is 6.07 Å². The normalized spacial score (nSPS) is 10.3. The van der Waals surface area contributed by atoms with Crippen LogP contribution < -0.4 is 4.74 Å². The molecule has 0 aliphatic heterocycles. The van der Waals surface area contributed by atoms with Gasteiger partial charge in [0.1, 0.15) is 5.69 Å². The van der Waals surface area contributed by atoms with E-state index in [4.69, 9.17) is 0 Å². The Morgan fingerprint density at radius 2 is 2.29 bits per heavy atom. The maximum atomic E-state index is 12.3. The molecule has 0 amide bonds. The quantitative estimate of drug-likeness (QED) is 0.757. The third-order valence-electron chi connectivity index (χ3n) is 1.55. The number of carbonyl (C=O) groups is 1. The minimum atomic E-state index is -2.95. The first-order chi connectivity index (χ1) is 6.60. The summed E-state index contributed by atoms with van der Waals surface area (Å²) in [6.45, 7) is 0. The SMILES string of the molecule is COc1cc(C=O)nc(C(F)F)c1O. The van der Waals surface area contributed by atoms with Gasteiger partial charge in [0.05, 0.1) is 7.11 Å². The number of nitrogens with zero attached hydrogens (tertiary/aromatic N) is 1. The van der Waals surface area contributed by atoms with E-state index in [0.29, 0.717) is 6.29 Å². The summed E-state index contributed by atoms with van der Waals surface area (Å²) < 4.78 is 29.1. The van der Waals surface area contributed by atoms with Crippen LogP contribution in [0.5, 0.6) is 11.5 Å². The number of aromatic hydroxyl groups is 1. The van der Waals surface area contributed by atoms with Gasteiger partial charge in [-0.15, -0.1) is 0 Å². The summed E-state index contributed by atoms with van der Waals surface area (Å²) in [7, 11) is 1.19. The van der Waals surface area contributed by atoms with Gasteiger partial charge in [-0.3, -0.25) is 4.79 Å². The van der Waals surface area contributed by atoms with Gasteiger partial charge in [-0.25, -0.2) is 13.8 Å². The molecule has 0 unspecified atom stereocenters. The van der Waals surface area contributed by atoms with Gasteiger partial charge in [-0.2, -0.15) is 0 Å². The van der Waals surface area contributed by atoms with Crippen LogP contribution in [0.25, 0.3) is 0 Å². The summed E-state index contributed by atoms with van der Waals surface area (Å²) >= 11 is 0. The van der Waals surface area contributed by atoms with Crippen molar-refractivity contribution in [3.8, 4) is 11.5 Å². The summed E-state index contributed by atoms with van der Waals surface area (Å²) in [5.41, 5.74) is -1.07. The smallest absolute Gasteiger partial charge is 0.284 e. The van der Waals surface area contributed by atoms with E-state index in [1.807, 2.05) is 0 Å². The highest BCUT2D eigenvalue weighted by atomic mass is 19.3. The van der Waals surface area contributed by atoms with Gasteiger partial charge >= 0.3 is 0 Å². The molecule has 4 nitrogen and oxygen atoms in total. The topological polar surface area (TPSA) is 59.4 Å². The Labute approximate surface area is 78.1 Å². The fraction of sp³-hybridized carbons (Fsp3) is 0.250. The van der Waals surface area contributed by atoms with Crippen LogP contribution in [0.1, 0.15) is 22.6 Å². The van der Waals surface area contributed by atoms with Crippen LogP contribution in [0.3, 0.4) is 0 Å². The van der Waals surface area contributed by atoms with E-state index < -0.39 is 17.9 Å². The molecule has 0 saturated carbocycles. The fourth-order valence-corrected chi connectivity index (χ4v) is 0.921. The van der Waals surface area contributed by atoms with Crippen LogP contribution in [0.4, 0.5) is 8.78 Å². The first-order valence-corrected chi connectivity index (χ1v) is 3.61. The number of hydrogen-bond donors (Lipinski definition) is 1. The van der Waals surface area contributed by atoms with Gasteiger partial charge in [-0.05, 0) is 0 Å². The molecule has 1 N–H and O–H groups in total. The minimum absolute atomic E-state index is 0.197. The molecule has 0 spiro atoms. The maximum Gasteiger partial charge on any atom is 0.284 e. The molecular formula is C8H7F2NO3. The van der Waals surface area contributed by atoms with Crippen molar-refractivity contribution in [3.63, 3.8) is 0 Å². The molecule has 76 valence electrons. The first kappa shape index (κ1) is 10.4. The Morgan fingerprint density at radius 3 is 2.71 bits per heavy atom. The number of ether oxygens (including phenoxy) is 1. The van der Waals surface area contributed by atoms with Crippen molar-refractivity contribution in [2.45, 2.75) is 6.43 Å². The molecule has 0 aliphatic rings. The largest absolute Gasteiger partial charge is 0.503 e.